The molecule has 0 amide bonds. The summed E-state index contributed by atoms with van der Waals surface area (Å²) in [6, 6.07) is 5.70. The molecular weight excluding hydrogens is 328 g/mol. The summed E-state index contributed by atoms with van der Waals surface area (Å²) in [7, 11) is 1.66. The molecule has 1 aromatic carbocycles. The number of anilines is 2. The molecule has 1 N–H and O–H groups in total. The molecule has 0 aliphatic heterocycles. The van der Waals surface area contributed by atoms with E-state index in [-0.39, 0.29) is 0 Å². The van der Waals surface area contributed by atoms with Gasteiger partial charge in [-0.15, -0.1) is 0 Å². The minimum atomic E-state index is 0.621. The Kier molecular flexibility index (Phi) is 4.32. The summed E-state index contributed by atoms with van der Waals surface area (Å²) in [6.07, 6.45) is 1.67. The molecule has 1 heterocycles. The number of aromatic nitrogens is 1. The van der Waals surface area contributed by atoms with Gasteiger partial charge in [-0.3, -0.25) is 0 Å². The van der Waals surface area contributed by atoms with Gasteiger partial charge in [0.25, 0.3) is 0 Å². The molecule has 0 saturated heterocycles. The Bertz CT molecular complexity index is 617. The molecule has 5 heteroatoms. The van der Waals surface area contributed by atoms with Crippen LogP contribution in [0.3, 0.4) is 0 Å². The third-order valence-electron chi connectivity index (χ3n) is 2.93. The lowest BCUT2D eigenvalue weighted by molar-refractivity contribution is 0.412. The largest absolute Gasteiger partial charge is 0.496 e. The van der Waals surface area contributed by atoms with Crippen LogP contribution in [0.25, 0.3) is 0 Å². The van der Waals surface area contributed by atoms with E-state index in [1.807, 2.05) is 26.0 Å². The molecule has 0 radical (unpaired) electrons. The fraction of sp³-hybridized carbons (Fsp3) is 0.214. The maximum Gasteiger partial charge on any atom is 0.146 e. The monoisotopic (exact) mass is 340 g/mol. The van der Waals surface area contributed by atoms with Crippen LogP contribution in [0, 0.1) is 13.8 Å². The van der Waals surface area contributed by atoms with Crippen LogP contribution in [0.5, 0.6) is 5.75 Å². The van der Waals surface area contributed by atoms with Gasteiger partial charge in [-0.2, -0.15) is 0 Å². The maximum atomic E-state index is 6.07. The standard InChI is InChI=1S/C14H14BrClN2O/c1-8-4-5-11(19-3)9(2)13(8)18-14-12(15)10(16)6-7-17-14/h4-7H,1-3H3,(H,17,18). The highest BCUT2D eigenvalue weighted by molar-refractivity contribution is 9.10. The Morgan fingerprint density at radius 2 is 2.00 bits per heavy atom. The molecule has 19 heavy (non-hydrogen) atoms. The van der Waals surface area contributed by atoms with Crippen molar-refractivity contribution in [1.29, 1.82) is 0 Å². The first-order valence-corrected chi connectivity index (χ1v) is 6.93. The zero-order valence-corrected chi connectivity index (χ0v) is 13.3. The minimum Gasteiger partial charge on any atom is -0.496 e. The van der Waals surface area contributed by atoms with Gasteiger partial charge in [0.1, 0.15) is 11.6 Å². The van der Waals surface area contributed by atoms with E-state index < -0.39 is 0 Å². The number of benzene rings is 1. The van der Waals surface area contributed by atoms with Gasteiger partial charge >= 0.3 is 0 Å². The fourth-order valence-corrected chi connectivity index (χ4v) is 2.35. The molecule has 3 nitrogen and oxygen atoms in total. The van der Waals surface area contributed by atoms with Gasteiger partial charge in [0.05, 0.1) is 16.6 Å². The molecule has 0 aliphatic rings. The second kappa shape index (κ2) is 5.80. The summed E-state index contributed by atoms with van der Waals surface area (Å²) < 4.78 is 6.08. The molecule has 2 aromatic rings. The van der Waals surface area contributed by atoms with Gasteiger partial charge < -0.3 is 10.1 Å². The van der Waals surface area contributed by atoms with Crippen molar-refractivity contribution in [2.45, 2.75) is 13.8 Å². The summed E-state index contributed by atoms with van der Waals surface area (Å²) in [4.78, 5) is 4.29. The van der Waals surface area contributed by atoms with Crippen molar-refractivity contribution >= 4 is 39.0 Å². The van der Waals surface area contributed by atoms with Crippen molar-refractivity contribution in [3.63, 3.8) is 0 Å². The number of nitrogens with one attached hydrogen (secondary N) is 1. The van der Waals surface area contributed by atoms with Crippen LogP contribution >= 0.6 is 27.5 Å². The van der Waals surface area contributed by atoms with E-state index in [0.717, 1.165) is 27.0 Å². The second-order valence-electron chi connectivity index (χ2n) is 4.17. The summed E-state index contributed by atoms with van der Waals surface area (Å²) in [5, 5.41) is 3.92. The number of aryl methyl sites for hydroxylation is 1. The summed E-state index contributed by atoms with van der Waals surface area (Å²) in [5.41, 5.74) is 3.14. The van der Waals surface area contributed by atoms with Crippen LogP contribution in [-0.4, -0.2) is 12.1 Å². The number of hydrogen-bond donors (Lipinski definition) is 1. The average molecular weight is 342 g/mol. The summed E-state index contributed by atoms with van der Waals surface area (Å²) >= 11 is 9.50. The first-order valence-electron chi connectivity index (χ1n) is 5.75. The molecule has 0 fully saturated rings. The predicted molar refractivity (Wildman–Crippen MR) is 82.7 cm³/mol. The molecular formula is C14H14BrClN2O. The van der Waals surface area contributed by atoms with E-state index >= 15 is 0 Å². The van der Waals surface area contributed by atoms with E-state index in [4.69, 9.17) is 16.3 Å². The minimum absolute atomic E-state index is 0.621. The summed E-state index contributed by atoms with van der Waals surface area (Å²) in [5.74, 6) is 1.53. The lowest BCUT2D eigenvalue weighted by Crippen LogP contribution is -2.01. The first kappa shape index (κ1) is 14.2. The zero-order chi connectivity index (χ0) is 14.0. The Balaban J connectivity index is 2.46. The second-order valence-corrected chi connectivity index (χ2v) is 5.37. The van der Waals surface area contributed by atoms with Crippen molar-refractivity contribution in [2.75, 3.05) is 12.4 Å². The van der Waals surface area contributed by atoms with E-state index in [2.05, 4.69) is 26.2 Å². The van der Waals surface area contributed by atoms with Crippen molar-refractivity contribution < 1.29 is 4.74 Å². The average Bonchev–Trinajstić information content (AvgIpc) is 2.39. The molecule has 1 aromatic heterocycles. The van der Waals surface area contributed by atoms with Crippen LogP contribution in [-0.2, 0) is 0 Å². The summed E-state index contributed by atoms with van der Waals surface area (Å²) in [6.45, 7) is 4.04. The van der Waals surface area contributed by atoms with Gasteiger partial charge in [0.15, 0.2) is 0 Å². The maximum absolute atomic E-state index is 6.07. The van der Waals surface area contributed by atoms with Crippen LogP contribution in [0.2, 0.25) is 5.02 Å². The number of methoxy groups -OCH3 is 1. The molecule has 0 saturated carbocycles. The van der Waals surface area contributed by atoms with Crippen LogP contribution in [0.4, 0.5) is 11.5 Å². The van der Waals surface area contributed by atoms with Gasteiger partial charge in [-0.25, -0.2) is 4.98 Å². The molecule has 0 bridgehead atoms. The van der Waals surface area contributed by atoms with Crippen molar-refractivity contribution in [3.05, 3.63) is 45.0 Å². The normalized spacial score (nSPS) is 10.4. The highest BCUT2D eigenvalue weighted by atomic mass is 79.9. The SMILES string of the molecule is COc1ccc(C)c(Nc2nccc(Cl)c2Br)c1C. The molecule has 0 aliphatic carbocycles. The predicted octanol–water partition coefficient (Wildman–Crippen LogP) is 4.87. The van der Waals surface area contributed by atoms with Crippen LogP contribution < -0.4 is 10.1 Å². The van der Waals surface area contributed by atoms with Crippen molar-refractivity contribution in [2.24, 2.45) is 0 Å². The quantitative estimate of drug-likeness (QED) is 0.865. The van der Waals surface area contributed by atoms with Crippen molar-refractivity contribution in [1.82, 2.24) is 4.98 Å². The lowest BCUT2D eigenvalue weighted by Gasteiger charge is -2.16. The topological polar surface area (TPSA) is 34.1 Å². The molecule has 0 spiro atoms. The highest BCUT2D eigenvalue weighted by Crippen LogP contribution is 2.34. The smallest absolute Gasteiger partial charge is 0.146 e. The van der Waals surface area contributed by atoms with Crippen LogP contribution in [0.1, 0.15) is 11.1 Å². The molecule has 2 rings (SSSR count). The Hall–Kier alpha value is -1.26. The van der Waals surface area contributed by atoms with Gasteiger partial charge in [-0.05, 0) is 47.5 Å². The third-order valence-corrected chi connectivity index (χ3v) is 4.28. The third kappa shape index (κ3) is 2.85. The Labute approximate surface area is 126 Å². The van der Waals surface area contributed by atoms with E-state index in [1.54, 1.807) is 19.4 Å². The molecule has 100 valence electrons. The number of rotatable bonds is 3. The number of nitrogens with zero attached hydrogens (tertiary/aromatic N) is 1. The molecule has 0 atom stereocenters. The lowest BCUT2D eigenvalue weighted by atomic mass is 10.1. The van der Waals surface area contributed by atoms with E-state index in [9.17, 15) is 0 Å². The van der Waals surface area contributed by atoms with Gasteiger partial charge in [0.2, 0.25) is 0 Å². The Morgan fingerprint density at radius 1 is 1.26 bits per heavy atom. The van der Waals surface area contributed by atoms with Crippen molar-refractivity contribution in [3.8, 4) is 5.75 Å². The Morgan fingerprint density at radius 3 is 2.68 bits per heavy atom. The number of ether oxygens (including phenoxy) is 1. The van der Waals surface area contributed by atoms with E-state index in [0.29, 0.717) is 10.8 Å². The fourth-order valence-electron chi connectivity index (χ4n) is 1.87. The number of hydrogen-bond acceptors (Lipinski definition) is 3. The van der Waals surface area contributed by atoms with Gasteiger partial charge in [0, 0.05) is 17.4 Å². The van der Waals surface area contributed by atoms with E-state index in [1.165, 1.54) is 0 Å². The highest BCUT2D eigenvalue weighted by Gasteiger charge is 2.11. The molecule has 0 unspecified atom stereocenters. The number of halogens is 2. The zero-order valence-electron chi connectivity index (χ0n) is 10.9. The van der Waals surface area contributed by atoms with Crippen LogP contribution in [0.15, 0.2) is 28.9 Å². The van der Waals surface area contributed by atoms with Gasteiger partial charge in [-0.1, -0.05) is 17.7 Å². The first-order chi connectivity index (χ1) is 9.04. The number of pyridine rings is 1.